The zero-order chi connectivity index (χ0) is 27.6. The molecular formula is C37H51HfNSi-3. The molecule has 1 N–H and O–H groups in total. The Balaban J connectivity index is 0.000000507. The summed E-state index contributed by atoms with van der Waals surface area (Å²) in [5.41, 5.74) is 14.4. The van der Waals surface area contributed by atoms with E-state index in [0.29, 0.717) is 5.92 Å². The normalized spacial score (nSPS) is 16.8. The van der Waals surface area contributed by atoms with E-state index in [-0.39, 0.29) is 39.3 Å². The van der Waals surface area contributed by atoms with Crippen molar-refractivity contribution < 1.29 is 25.8 Å². The molecule has 0 spiro atoms. The SMILES string of the molecule is CC1=[C-]C(C)C(C)=C1C.[CH3-].[Hf].[NH-]C1CCCCCCCC1.[SiH2]c1ccccc1.c1ccc(-c2ccccc2)cc1. The molecule has 0 aromatic heterocycles. The van der Waals surface area contributed by atoms with E-state index in [1.165, 1.54) is 71.6 Å². The number of hydrogen-bond donors (Lipinski definition) is 0. The zero-order valence-corrected chi connectivity index (χ0v) is 30.7. The second kappa shape index (κ2) is 22.8. The minimum atomic E-state index is 0. The molecule has 1 unspecified atom stereocenters. The van der Waals surface area contributed by atoms with E-state index in [1.807, 2.05) is 40.6 Å². The summed E-state index contributed by atoms with van der Waals surface area (Å²) in [6, 6.07) is 31.3. The Hall–Kier alpha value is -1.81. The van der Waals surface area contributed by atoms with Crippen LogP contribution in [0.5, 0.6) is 0 Å². The third-order valence-corrected chi connectivity index (χ3v) is 7.79. The van der Waals surface area contributed by atoms with Gasteiger partial charge in [-0.2, -0.15) is 11.1 Å². The second-order valence-electron chi connectivity index (χ2n) is 10.4. The van der Waals surface area contributed by atoms with E-state index >= 15 is 0 Å². The molecule has 5 rings (SSSR count). The van der Waals surface area contributed by atoms with Crippen molar-refractivity contribution in [3.8, 4) is 11.1 Å². The number of nitrogens with one attached hydrogen (secondary N) is 1. The average molecular weight is 716 g/mol. The zero-order valence-electron chi connectivity index (χ0n) is 25.7. The Kier molecular flexibility index (Phi) is 21.8. The first-order chi connectivity index (χ1) is 18.4. The van der Waals surface area contributed by atoms with Crippen molar-refractivity contribution in [2.75, 3.05) is 0 Å². The molecule has 2 aliphatic rings. The van der Waals surface area contributed by atoms with Gasteiger partial charge in [0, 0.05) is 36.1 Å². The quantitative estimate of drug-likeness (QED) is 0.177. The third kappa shape index (κ3) is 15.8. The molecule has 0 amide bonds. The van der Waals surface area contributed by atoms with Gasteiger partial charge in [0.05, 0.1) is 0 Å². The first kappa shape index (κ1) is 38.2. The molecule has 0 bridgehead atoms. The first-order valence-electron chi connectivity index (χ1n) is 14.3. The molecule has 1 radical (unpaired) electrons. The van der Waals surface area contributed by atoms with Gasteiger partial charge in [-0.15, -0.1) is 13.0 Å². The van der Waals surface area contributed by atoms with E-state index in [2.05, 4.69) is 94.4 Å². The largest absolute Gasteiger partial charge is 0.675 e. The predicted octanol–water partition coefficient (Wildman–Crippen LogP) is 10.0. The summed E-state index contributed by atoms with van der Waals surface area (Å²) in [6.45, 7) is 8.67. The summed E-state index contributed by atoms with van der Waals surface area (Å²) >= 11 is 0. The van der Waals surface area contributed by atoms with E-state index < -0.39 is 0 Å². The molecule has 40 heavy (non-hydrogen) atoms. The molecule has 2 aliphatic carbocycles. The Morgan fingerprint density at radius 3 is 1.30 bits per heavy atom. The van der Waals surface area contributed by atoms with Gasteiger partial charge in [0.15, 0.2) is 0 Å². The third-order valence-electron chi connectivity index (χ3n) is 7.32. The standard InChI is InChI=1S/C12H10.C9H18N.C9H13.C6H7Si.CH3.Hf/c1-3-7-11(8-4-1)12-9-5-2-6-10-12;10-9-7-5-3-1-2-4-6-8-9;1-6-5-7(2)9(4)8(6)3;7-6-4-2-1-3-5-6;;/h1-10H;9-10H,1-8H2;6H,1-4H3;1-5H,7H2;1H3;/q;2*-1;;-1;. The minimum Gasteiger partial charge on any atom is -0.675 e. The first-order valence-corrected chi connectivity index (χ1v) is 15.1. The molecule has 3 aromatic carbocycles. The smallest absolute Gasteiger partial charge is 0.0477 e. The number of hydrogen-bond acceptors (Lipinski definition) is 0. The van der Waals surface area contributed by atoms with Crippen molar-refractivity contribution in [1.29, 1.82) is 0 Å². The van der Waals surface area contributed by atoms with Gasteiger partial charge in [-0.1, -0.05) is 174 Å². The molecule has 0 saturated heterocycles. The molecule has 1 saturated carbocycles. The Labute approximate surface area is 269 Å². The van der Waals surface area contributed by atoms with Gasteiger partial charge in [0.1, 0.15) is 0 Å². The van der Waals surface area contributed by atoms with Crippen LogP contribution in [0.3, 0.4) is 0 Å². The molecule has 0 aliphatic heterocycles. The second-order valence-corrected chi connectivity index (χ2v) is 11.2. The van der Waals surface area contributed by atoms with Crippen molar-refractivity contribution in [2.24, 2.45) is 5.92 Å². The van der Waals surface area contributed by atoms with Crippen molar-refractivity contribution in [3.63, 3.8) is 0 Å². The van der Waals surface area contributed by atoms with E-state index in [4.69, 9.17) is 5.73 Å². The number of benzene rings is 3. The van der Waals surface area contributed by atoms with Crippen LogP contribution in [0.25, 0.3) is 16.9 Å². The van der Waals surface area contributed by atoms with Crippen molar-refractivity contribution in [3.05, 3.63) is 127 Å². The molecular weight excluding hydrogens is 665 g/mol. The van der Waals surface area contributed by atoms with Crippen LogP contribution in [0.4, 0.5) is 0 Å². The topological polar surface area (TPSA) is 23.8 Å². The summed E-state index contributed by atoms with van der Waals surface area (Å²) < 4.78 is 0. The maximum atomic E-state index is 7.61. The van der Waals surface area contributed by atoms with Crippen LogP contribution in [0.2, 0.25) is 0 Å². The van der Waals surface area contributed by atoms with Gasteiger partial charge in [0.25, 0.3) is 0 Å². The molecule has 215 valence electrons. The molecule has 3 heteroatoms. The van der Waals surface area contributed by atoms with Gasteiger partial charge in [-0.3, -0.25) is 6.08 Å². The summed E-state index contributed by atoms with van der Waals surface area (Å²) in [7, 11) is 1.90. The van der Waals surface area contributed by atoms with Crippen molar-refractivity contribution in [1.82, 2.24) is 0 Å². The minimum absolute atomic E-state index is 0. The van der Waals surface area contributed by atoms with Crippen LogP contribution in [-0.4, -0.2) is 16.3 Å². The summed E-state index contributed by atoms with van der Waals surface area (Å²) in [4.78, 5) is 0. The van der Waals surface area contributed by atoms with Gasteiger partial charge < -0.3 is 13.2 Å². The molecule has 0 heterocycles. The average Bonchev–Trinajstić information content (AvgIpc) is 3.24. The van der Waals surface area contributed by atoms with Crippen LogP contribution >= 0.6 is 0 Å². The summed E-state index contributed by atoms with van der Waals surface area (Å²) in [5, 5.41) is 1.35. The Morgan fingerprint density at radius 2 is 1.02 bits per heavy atom. The van der Waals surface area contributed by atoms with Gasteiger partial charge in [0.2, 0.25) is 0 Å². The fourth-order valence-electron chi connectivity index (χ4n) is 4.53. The van der Waals surface area contributed by atoms with Crippen molar-refractivity contribution in [2.45, 2.75) is 85.1 Å². The van der Waals surface area contributed by atoms with Crippen LogP contribution in [0.15, 0.2) is 108 Å². The summed E-state index contributed by atoms with van der Waals surface area (Å²) in [5.74, 6) is 0.560. The maximum absolute atomic E-state index is 7.61. The van der Waals surface area contributed by atoms with E-state index in [1.54, 1.807) is 0 Å². The van der Waals surface area contributed by atoms with Crippen LogP contribution in [-0.2, 0) is 25.8 Å². The maximum Gasteiger partial charge on any atom is 0.0477 e. The number of allylic oxidation sites excluding steroid dienone is 4. The predicted molar refractivity (Wildman–Crippen MR) is 178 cm³/mol. The monoisotopic (exact) mass is 717 g/mol. The molecule has 1 atom stereocenters. The Bertz CT molecular complexity index is 1030. The van der Waals surface area contributed by atoms with Gasteiger partial charge >= 0.3 is 0 Å². The van der Waals surface area contributed by atoms with Crippen molar-refractivity contribution >= 4 is 15.4 Å². The van der Waals surface area contributed by atoms with Crippen LogP contribution in [0.1, 0.15) is 79.1 Å². The summed E-state index contributed by atoms with van der Waals surface area (Å²) in [6.07, 6.45) is 13.8. The van der Waals surface area contributed by atoms with Gasteiger partial charge in [-0.25, -0.2) is 5.57 Å². The van der Waals surface area contributed by atoms with Crippen LogP contribution < -0.4 is 5.19 Å². The number of rotatable bonds is 1. The fraction of sp³-hybridized carbons (Fsp3) is 0.378. The fourth-order valence-corrected chi connectivity index (χ4v) is 4.81. The van der Waals surface area contributed by atoms with Crippen LogP contribution in [0, 0.1) is 19.4 Å². The van der Waals surface area contributed by atoms with Gasteiger partial charge in [-0.05, 0) is 11.1 Å². The van der Waals surface area contributed by atoms with E-state index in [9.17, 15) is 0 Å². The van der Waals surface area contributed by atoms with E-state index in [0.717, 1.165) is 12.8 Å². The molecule has 1 fully saturated rings. The Morgan fingerprint density at radius 1 is 0.650 bits per heavy atom. The molecule has 3 aromatic rings. The molecule has 1 nitrogen and oxygen atoms in total.